The number of methoxy groups -OCH3 is 1. The number of pyridine rings is 2. The van der Waals surface area contributed by atoms with Gasteiger partial charge in [-0.25, -0.2) is 14.8 Å². The molecular weight excluding hydrogens is 412 g/mol. The average Bonchev–Trinajstić information content (AvgIpc) is 3.45. The summed E-state index contributed by atoms with van der Waals surface area (Å²) in [5, 5.41) is 3.84. The van der Waals surface area contributed by atoms with Crippen LogP contribution in [-0.2, 0) is 4.74 Å². The molecule has 0 aliphatic heterocycles. The second kappa shape index (κ2) is 7.91. The zero-order valence-electron chi connectivity index (χ0n) is 17.1. The summed E-state index contributed by atoms with van der Waals surface area (Å²) in [7, 11) is 1.31. The number of esters is 1. The Bertz CT molecular complexity index is 1410. The molecule has 10 heteroatoms. The molecule has 0 spiro atoms. The lowest BCUT2D eigenvalue weighted by Gasteiger charge is -2.10. The number of hydrogen-bond acceptors (Lipinski definition) is 9. The second-order valence-electron chi connectivity index (χ2n) is 6.78. The third kappa shape index (κ3) is 3.65. The summed E-state index contributed by atoms with van der Waals surface area (Å²) in [6.07, 6.45) is 3.20. The van der Waals surface area contributed by atoms with Gasteiger partial charge in [0, 0.05) is 19.2 Å². The molecule has 32 heavy (non-hydrogen) atoms. The number of aromatic nitrogens is 6. The molecule has 0 fully saturated rings. The van der Waals surface area contributed by atoms with Crippen LogP contribution in [0, 0.1) is 6.92 Å². The van der Waals surface area contributed by atoms with E-state index in [1.54, 1.807) is 37.4 Å². The number of aryl methyl sites for hydroxylation is 1. The van der Waals surface area contributed by atoms with Crippen LogP contribution >= 0.6 is 0 Å². The summed E-state index contributed by atoms with van der Waals surface area (Å²) in [4.78, 5) is 32.9. The predicted octanol–water partition coefficient (Wildman–Crippen LogP) is 3.96. The summed E-state index contributed by atoms with van der Waals surface area (Å²) in [5.74, 6) is 1.58. The fraction of sp³-hybridized carbons (Fsp3) is 0.0909. The van der Waals surface area contributed by atoms with E-state index in [0.29, 0.717) is 51.5 Å². The number of hydrogen-bond donors (Lipinski definition) is 1. The fourth-order valence-electron chi connectivity index (χ4n) is 3.12. The molecule has 0 atom stereocenters. The van der Waals surface area contributed by atoms with Crippen molar-refractivity contribution in [3.8, 4) is 34.5 Å². The molecule has 4 aromatic heterocycles. The second-order valence-corrected chi connectivity index (χ2v) is 6.78. The maximum atomic E-state index is 12.4. The lowest BCUT2D eigenvalue weighted by atomic mass is 10.1. The highest BCUT2D eigenvalue weighted by Crippen LogP contribution is 2.31. The maximum absolute atomic E-state index is 12.4. The molecule has 0 amide bonds. The van der Waals surface area contributed by atoms with E-state index in [2.05, 4.69) is 30.1 Å². The van der Waals surface area contributed by atoms with E-state index in [4.69, 9.17) is 14.0 Å². The molecule has 0 aliphatic carbocycles. The van der Waals surface area contributed by atoms with Gasteiger partial charge in [0.1, 0.15) is 28.5 Å². The van der Waals surface area contributed by atoms with Crippen LogP contribution in [0.15, 0.2) is 59.4 Å². The summed E-state index contributed by atoms with van der Waals surface area (Å²) in [6, 6.07) is 12.2. The van der Waals surface area contributed by atoms with Gasteiger partial charge in [0.15, 0.2) is 5.82 Å². The van der Waals surface area contributed by atoms with E-state index < -0.39 is 5.97 Å². The van der Waals surface area contributed by atoms with Gasteiger partial charge in [0.2, 0.25) is 11.7 Å². The van der Waals surface area contributed by atoms with Crippen LogP contribution in [0.5, 0.6) is 11.5 Å². The van der Waals surface area contributed by atoms with Crippen molar-refractivity contribution in [1.29, 1.82) is 0 Å². The number of rotatable bonds is 5. The standard InChI is InChI=1S/C22H16N6O4/c1-12-25-21(28-32-12)16-7-6-13(11-24-16)31-19-10-18-17(9-14(19)22(29)30-2)26-20(27-18)15-5-3-4-8-23-15/h3-11H,1-2H3,(H,26,27). The number of ether oxygens (including phenoxy) is 2. The van der Waals surface area contributed by atoms with Crippen molar-refractivity contribution in [1.82, 2.24) is 30.1 Å². The minimum Gasteiger partial charge on any atom is -0.465 e. The first-order valence-corrected chi connectivity index (χ1v) is 9.59. The summed E-state index contributed by atoms with van der Waals surface area (Å²) >= 11 is 0. The van der Waals surface area contributed by atoms with Gasteiger partial charge >= 0.3 is 5.97 Å². The Morgan fingerprint density at radius 1 is 1.06 bits per heavy atom. The van der Waals surface area contributed by atoms with Crippen LogP contribution in [0.4, 0.5) is 0 Å². The molecule has 1 aromatic carbocycles. The summed E-state index contributed by atoms with van der Waals surface area (Å²) in [6.45, 7) is 1.70. The van der Waals surface area contributed by atoms with E-state index >= 15 is 0 Å². The van der Waals surface area contributed by atoms with Gasteiger partial charge in [0.25, 0.3) is 0 Å². The Balaban J connectivity index is 1.51. The molecule has 0 saturated carbocycles. The zero-order chi connectivity index (χ0) is 22.1. The topological polar surface area (TPSA) is 129 Å². The molecule has 5 aromatic rings. The largest absolute Gasteiger partial charge is 0.465 e. The van der Waals surface area contributed by atoms with Gasteiger partial charge in [-0.1, -0.05) is 11.2 Å². The van der Waals surface area contributed by atoms with Gasteiger partial charge in [-0.3, -0.25) is 4.98 Å². The summed E-state index contributed by atoms with van der Waals surface area (Å²) < 4.78 is 15.9. The Morgan fingerprint density at radius 2 is 1.97 bits per heavy atom. The van der Waals surface area contributed by atoms with E-state index in [9.17, 15) is 4.79 Å². The van der Waals surface area contributed by atoms with Crippen molar-refractivity contribution >= 4 is 17.0 Å². The molecule has 4 heterocycles. The zero-order valence-corrected chi connectivity index (χ0v) is 17.1. The van der Waals surface area contributed by atoms with Crippen LogP contribution in [0.25, 0.3) is 34.1 Å². The van der Waals surface area contributed by atoms with E-state index in [0.717, 1.165) is 0 Å². The number of H-pyrrole nitrogens is 1. The number of carbonyl (C=O) groups is 1. The number of benzene rings is 1. The number of imidazole rings is 1. The minimum absolute atomic E-state index is 0.233. The average molecular weight is 428 g/mol. The molecule has 0 aliphatic rings. The summed E-state index contributed by atoms with van der Waals surface area (Å²) in [5.41, 5.74) is 2.71. The normalized spacial score (nSPS) is 10.9. The molecule has 1 N–H and O–H groups in total. The third-order valence-electron chi connectivity index (χ3n) is 4.62. The monoisotopic (exact) mass is 428 g/mol. The Hall–Kier alpha value is -4.60. The lowest BCUT2D eigenvalue weighted by Crippen LogP contribution is -2.04. The van der Waals surface area contributed by atoms with Gasteiger partial charge in [-0.05, 0) is 30.3 Å². The number of aromatic amines is 1. The van der Waals surface area contributed by atoms with Crippen molar-refractivity contribution in [2.75, 3.05) is 7.11 Å². The molecule has 158 valence electrons. The van der Waals surface area contributed by atoms with Crippen molar-refractivity contribution in [2.45, 2.75) is 6.92 Å². The maximum Gasteiger partial charge on any atom is 0.341 e. The highest BCUT2D eigenvalue weighted by atomic mass is 16.5. The quantitative estimate of drug-likeness (QED) is 0.413. The SMILES string of the molecule is COC(=O)c1cc2nc(-c3ccccn3)[nH]c2cc1Oc1ccc(-c2noc(C)n2)nc1. The van der Waals surface area contributed by atoms with Crippen LogP contribution in [0.3, 0.4) is 0 Å². The molecule has 10 nitrogen and oxygen atoms in total. The van der Waals surface area contributed by atoms with E-state index in [-0.39, 0.29) is 5.56 Å². The van der Waals surface area contributed by atoms with Crippen LogP contribution < -0.4 is 4.74 Å². The molecule has 0 unspecified atom stereocenters. The molecule has 5 rings (SSSR count). The van der Waals surface area contributed by atoms with Crippen LogP contribution in [0.2, 0.25) is 0 Å². The first-order chi connectivity index (χ1) is 15.6. The first kappa shape index (κ1) is 19.4. The Labute approximate surface area is 181 Å². The minimum atomic E-state index is -0.545. The van der Waals surface area contributed by atoms with E-state index in [1.165, 1.54) is 13.3 Å². The lowest BCUT2D eigenvalue weighted by molar-refractivity contribution is 0.0598. The molecule has 0 radical (unpaired) electrons. The Kier molecular flexibility index (Phi) is 4.79. The van der Waals surface area contributed by atoms with Gasteiger partial charge in [0.05, 0.1) is 24.3 Å². The Morgan fingerprint density at radius 3 is 2.66 bits per heavy atom. The number of nitrogens with one attached hydrogen (secondary N) is 1. The van der Waals surface area contributed by atoms with Crippen LogP contribution in [0.1, 0.15) is 16.2 Å². The smallest absolute Gasteiger partial charge is 0.341 e. The van der Waals surface area contributed by atoms with Crippen molar-refractivity contribution in [3.63, 3.8) is 0 Å². The van der Waals surface area contributed by atoms with E-state index in [1.807, 2.05) is 18.2 Å². The van der Waals surface area contributed by atoms with Crippen molar-refractivity contribution < 1.29 is 18.8 Å². The van der Waals surface area contributed by atoms with Crippen molar-refractivity contribution in [3.05, 3.63) is 66.3 Å². The molecule has 0 bridgehead atoms. The van der Waals surface area contributed by atoms with Gasteiger partial charge in [-0.2, -0.15) is 4.98 Å². The highest BCUT2D eigenvalue weighted by molar-refractivity contribution is 5.97. The van der Waals surface area contributed by atoms with Crippen LogP contribution in [-0.4, -0.2) is 43.2 Å². The molecular formula is C22H16N6O4. The first-order valence-electron chi connectivity index (χ1n) is 9.59. The number of carbonyl (C=O) groups excluding carboxylic acids is 1. The van der Waals surface area contributed by atoms with Gasteiger partial charge < -0.3 is 19.0 Å². The third-order valence-corrected chi connectivity index (χ3v) is 4.62. The fourth-order valence-corrected chi connectivity index (χ4v) is 3.12. The van der Waals surface area contributed by atoms with Gasteiger partial charge in [-0.15, -0.1) is 0 Å². The molecule has 0 saturated heterocycles. The number of nitrogens with zero attached hydrogens (tertiary/aromatic N) is 5. The number of fused-ring (bicyclic) bond motifs is 1. The predicted molar refractivity (Wildman–Crippen MR) is 113 cm³/mol. The van der Waals surface area contributed by atoms with Crippen molar-refractivity contribution in [2.24, 2.45) is 0 Å². The highest BCUT2D eigenvalue weighted by Gasteiger charge is 2.18.